The van der Waals surface area contributed by atoms with Crippen LogP contribution in [-0.4, -0.2) is 39.4 Å². The molecular formula is C19H22FN3O3. The molecule has 0 atom stereocenters. The number of benzene rings is 2. The van der Waals surface area contributed by atoms with E-state index in [0.717, 1.165) is 23.6 Å². The molecule has 0 aliphatic carbocycles. The minimum absolute atomic E-state index is 0.317. The largest absolute Gasteiger partial charge is 0.492 e. The number of hydrogen-bond acceptors (Lipinski definition) is 4. The molecule has 6 nitrogen and oxygen atoms in total. The number of guanidine groups is 1. The number of fused-ring (bicyclic) bond motifs is 1. The van der Waals surface area contributed by atoms with Crippen molar-refractivity contribution in [1.29, 1.82) is 0 Å². The Morgan fingerprint density at radius 1 is 1.15 bits per heavy atom. The molecular weight excluding hydrogens is 337 g/mol. The molecule has 0 saturated carbocycles. The zero-order valence-electron chi connectivity index (χ0n) is 14.6. The molecule has 2 aromatic carbocycles. The zero-order valence-corrected chi connectivity index (χ0v) is 14.6. The van der Waals surface area contributed by atoms with E-state index in [1.165, 1.54) is 12.1 Å². The number of aliphatic imine (C=N–C) groups is 1. The average molecular weight is 359 g/mol. The van der Waals surface area contributed by atoms with Crippen molar-refractivity contribution >= 4 is 11.6 Å². The van der Waals surface area contributed by atoms with E-state index in [-0.39, 0.29) is 5.82 Å². The molecule has 0 spiro atoms. The monoisotopic (exact) mass is 359 g/mol. The fourth-order valence-electron chi connectivity index (χ4n) is 2.45. The molecule has 1 heterocycles. The van der Waals surface area contributed by atoms with Gasteiger partial charge in [-0.1, -0.05) is 6.07 Å². The third-order valence-electron chi connectivity index (χ3n) is 3.69. The van der Waals surface area contributed by atoms with Crippen molar-refractivity contribution in [1.82, 2.24) is 5.32 Å². The topological polar surface area (TPSA) is 64.1 Å². The Balaban J connectivity index is 1.49. The second-order valence-electron chi connectivity index (χ2n) is 5.64. The van der Waals surface area contributed by atoms with E-state index < -0.39 is 0 Å². The smallest absolute Gasteiger partial charge is 0.195 e. The lowest BCUT2D eigenvalue weighted by molar-refractivity contribution is 0.297. The first-order valence-electron chi connectivity index (χ1n) is 8.50. The normalized spacial score (nSPS) is 13.7. The molecule has 0 aromatic heterocycles. The Kier molecular flexibility index (Phi) is 6.14. The van der Waals surface area contributed by atoms with Crippen LogP contribution in [0.3, 0.4) is 0 Å². The van der Waals surface area contributed by atoms with Gasteiger partial charge in [0, 0.05) is 31.3 Å². The predicted molar refractivity (Wildman–Crippen MR) is 98.9 cm³/mol. The van der Waals surface area contributed by atoms with Gasteiger partial charge in [0.05, 0.1) is 19.8 Å². The summed E-state index contributed by atoms with van der Waals surface area (Å²) < 4.78 is 29.9. The minimum Gasteiger partial charge on any atom is -0.492 e. The van der Waals surface area contributed by atoms with Crippen molar-refractivity contribution in [2.45, 2.75) is 6.42 Å². The molecule has 1 aliphatic rings. The first kappa shape index (κ1) is 17.8. The molecule has 0 unspecified atom stereocenters. The third-order valence-corrected chi connectivity index (χ3v) is 3.69. The van der Waals surface area contributed by atoms with Crippen LogP contribution in [0.1, 0.15) is 6.42 Å². The van der Waals surface area contributed by atoms with Gasteiger partial charge < -0.3 is 24.8 Å². The fourth-order valence-corrected chi connectivity index (χ4v) is 2.45. The second kappa shape index (κ2) is 8.94. The van der Waals surface area contributed by atoms with Crippen molar-refractivity contribution in [3.05, 3.63) is 48.3 Å². The summed E-state index contributed by atoms with van der Waals surface area (Å²) in [6.45, 7) is 2.20. The number of anilines is 1. The summed E-state index contributed by atoms with van der Waals surface area (Å²) in [4.78, 5) is 4.18. The minimum atomic E-state index is -0.317. The summed E-state index contributed by atoms with van der Waals surface area (Å²) in [6, 6.07) is 11.7. The number of nitrogens with one attached hydrogen (secondary N) is 2. The Bertz CT molecular complexity index is 767. The molecule has 2 N–H and O–H groups in total. The standard InChI is InChI=1S/C19H22FN3O3/c1-21-19(22-8-11-24-16-5-2-4-14(20)12-16)23-15-6-7-17-18(13-15)26-10-3-9-25-17/h2,4-7,12-13H,3,8-11H2,1H3,(H2,21,22,23). The Hall–Kier alpha value is -2.96. The van der Waals surface area contributed by atoms with E-state index in [4.69, 9.17) is 14.2 Å². The van der Waals surface area contributed by atoms with E-state index in [1.54, 1.807) is 19.2 Å². The summed E-state index contributed by atoms with van der Waals surface area (Å²) in [5.74, 6) is 2.25. The molecule has 0 fully saturated rings. The van der Waals surface area contributed by atoms with Crippen LogP contribution in [0.4, 0.5) is 10.1 Å². The maximum Gasteiger partial charge on any atom is 0.195 e. The highest BCUT2D eigenvalue weighted by Gasteiger charge is 2.11. The SMILES string of the molecule is CN=C(NCCOc1cccc(F)c1)Nc1ccc2c(c1)OCCCO2. The Labute approximate surface area is 152 Å². The highest BCUT2D eigenvalue weighted by atomic mass is 19.1. The van der Waals surface area contributed by atoms with Gasteiger partial charge in [-0.25, -0.2) is 4.39 Å². The molecule has 1 aliphatic heterocycles. The summed E-state index contributed by atoms with van der Waals surface area (Å²) in [5, 5.41) is 6.34. The molecule has 138 valence electrons. The van der Waals surface area contributed by atoms with Gasteiger partial charge in [0.1, 0.15) is 18.2 Å². The Morgan fingerprint density at radius 3 is 2.81 bits per heavy atom. The predicted octanol–water partition coefficient (Wildman–Crippen LogP) is 3.05. The third kappa shape index (κ3) is 5.02. The number of hydrogen-bond donors (Lipinski definition) is 2. The van der Waals surface area contributed by atoms with Gasteiger partial charge in [-0.05, 0) is 24.3 Å². The van der Waals surface area contributed by atoms with Gasteiger partial charge in [-0.3, -0.25) is 4.99 Å². The summed E-state index contributed by atoms with van der Waals surface area (Å²) in [6.07, 6.45) is 0.867. The van der Waals surface area contributed by atoms with Gasteiger partial charge in [-0.15, -0.1) is 0 Å². The van der Waals surface area contributed by atoms with Crippen LogP contribution in [0.2, 0.25) is 0 Å². The van der Waals surface area contributed by atoms with Crippen LogP contribution in [0, 0.1) is 5.82 Å². The number of rotatable bonds is 5. The zero-order chi connectivity index (χ0) is 18.2. The van der Waals surface area contributed by atoms with E-state index in [9.17, 15) is 4.39 Å². The molecule has 0 saturated heterocycles. The second-order valence-corrected chi connectivity index (χ2v) is 5.64. The van der Waals surface area contributed by atoms with Gasteiger partial charge in [0.2, 0.25) is 0 Å². The summed E-state index contributed by atoms with van der Waals surface area (Å²) in [5.41, 5.74) is 0.841. The first-order valence-corrected chi connectivity index (χ1v) is 8.50. The molecule has 0 bridgehead atoms. The lowest BCUT2D eigenvalue weighted by Gasteiger charge is -2.14. The van der Waals surface area contributed by atoms with E-state index >= 15 is 0 Å². The lowest BCUT2D eigenvalue weighted by Crippen LogP contribution is -2.33. The number of nitrogens with zero attached hydrogens (tertiary/aromatic N) is 1. The summed E-state index contributed by atoms with van der Waals surface area (Å²) >= 11 is 0. The van der Waals surface area contributed by atoms with E-state index in [1.807, 2.05) is 18.2 Å². The molecule has 0 radical (unpaired) electrons. The molecule has 26 heavy (non-hydrogen) atoms. The number of ether oxygens (including phenoxy) is 3. The van der Waals surface area contributed by atoms with Crippen molar-refractivity contribution in [2.75, 3.05) is 38.7 Å². The maximum atomic E-state index is 13.1. The fraction of sp³-hybridized carbons (Fsp3) is 0.316. The van der Waals surface area contributed by atoms with Crippen molar-refractivity contribution in [3.63, 3.8) is 0 Å². The average Bonchev–Trinajstić information content (AvgIpc) is 2.89. The van der Waals surface area contributed by atoms with E-state index in [2.05, 4.69) is 15.6 Å². The van der Waals surface area contributed by atoms with Gasteiger partial charge in [0.25, 0.3) is 0 Å². The first-order chi connectivity index (χ1) is 12.7. The van der Waals surface area contributed by atoms with Gasteiger partial charge in [0.15, 0.2) is 17.5 Å². The van der Waals surface area contributed by atoms with Crippen molar-refractivity contribution in [2.24, 2.45) is 4.99 Å². The van der Waals surface area contributed by atoms with Gasteiger partial charge >= 0.3 is 0 Å². The Morgan fingerprint density at radius 2 is 2.00 bits per heavy atom. The summed E-state index contributed by atoms with van der Waals surface area (Å²) in [7, 11) is 1.69. The van der Waals surface area contributed by atoms with Crippen LogP contribution >= 0.6 is 0 Å². The maximum absolute atomic E-state index is 13.1. The van der Waals surface area contributed by atoms with E-state index in [0.29, 0.717) is 38.1 Å². The van der Waals surface area contributed by atoms with Crippen LogP contribution in [0.5, 0.6) is 17.2 Å². The van der Waals surface area contributed by atoms with Crippen molar-refractivity contribution < 1.29 is 18.6 Å². The van der Waals surface area contributed by atoms with Crippen LogP contribution in [0.25, 0.3) is 0 Å². The molecule has 2 aromatic rings. The highest BCUT2D eigenvalue weighted by molar-refractivity contribution is 5.93. The van der Waals surface area contributed by atoms with Crippen LogP contribution in [-0.2, 0) is 0 Å². The quantitative estimate of drug-likeness (QED) is 0.488. The lowest BCUT2D eigenvalue weighted by atomic mass is 10.3. The highest BCUT2D eigenvalue weighted by Crippen LogP contribution is 2.32. The molecule has 7 heteroatoms. The molecule has 0 amide bonds. The number of halogens is 1. The van der Waals surface area contributed by atoms with Crippen LogP contribution in [0.15, 0.2) is 47.5 Å². The molecule has 3 rings (SSSR count). The van der Waals surface area contributed by atoms with Crippen molar-refractivity contribution in [3.8, 4) is 17.2 Å². The van der Waals surface area contributed by atoms with Gasteiger partial charge in [-0.2, -0.15) is 0 Å². The van der Waals surface area contributed by atoms with Crippen LogP contribution < -0.4 is 24.8 Å².